The molecule has 116 valence electrons. The highest BCUT2D eigenvalue weighted by Gasteiger charge is 2.26. The summed E-state index contributed by atoms with van der Waals surface area (Å²) in [5.74, 6) is 0.886. The minimum Gasteiger partial charge on any atom is -0.382 e. The molecule has 1 saturated heterocycles. The van der Waals surface area contributed by atoms with E-state index in [4.69, 9.17) is 5.73 Å². The van der Waals surface area contributed by atoms with Crippen LogP contribution in [0.2, 0.25) is 0 Å². The summed E-state index contributed by atoms with van der Waals surface area (Å²) in [5, 5.41) is 18.2. The molecule has 0 spiro atoms. The Kier molecular flexibility index (Phi) is 3.70. The highest BCUT2D eigenvalue weighted by molar-refractivity contribution is 5.64. The molecule has 2 heterocycles. The van der Waals surface area contributed by atoms with Crippen LogP contribution in [0.4, 0.5) is 17.2 Å². The lowest BCUT2D eigenvalue weighted by atomic mass is 9.93. The van der Waals surface area contributed by atoms with Crippen molar-refractivity contribution in [3.05, 3.63) is 45.6 Å². The van der Waals surface area contributed by atoms with Crippen LogP contribution in [0, 0.1) is 17.0 Å². The highest BCUT2D eigenvalue weighted by Crippen LogP contribution is 2.34. The summed E-state index contributed by atoms with van der Waals surface area (Å²) >= 11 is 0. The fraction of sp³-hybridized carbons (Fsp3) is 0.400. The molecule has 0 aliphatic carbocycles. The zero-order valence-electron chi connectivity index (χ0n) is 12.5. The molecule has 3 N–H and O–H groups in total. The second-order valence-corrected chi connectivity index (χ2v) is 5.76. The average Bonchev–Trinajstić information content (AvgIpc) is 2.94. The van der Waals surface area contributed by atoms with E-state index in [9.17, 15) is 10.1 Å². The molecule has 0 bridgehead atoms. The van der Waals surface area contributed by atoms with E-state index < -0.39 is 0 Å². The molecule has 1 aliphatic rings. The summed E-state index contributed by atoms with van der Waals surface area (Å²) in [6, 6.07) is 7.28. The van der Waals surface area contributed by atoms with E-state index in [1.54, 1.807) is 6.07 Å². The SMILES string of the molecule is Cc1ccc(N2CCC(c3cc(N)n[nH]3)CC2)c([N+](=O)[O-])c1. The largest absolute Gasteiger partial charge is 0.382 e. The highest BCUT2D eigenvalue weighted by atomic mass is 16.6. The zero-order valence-corrected chi connectivity index (χ0v) is 12.5. The predicted molar refractivity (Wildman–Crippen MR) is 85.0 cm³/mol. The van der Waals surface area contributed by atoms with Gasteiger partial charge in [0.2, 0.25) is 0 Å². The molecule has 22 heavy (non-hydrogen) atoms. The molecule has 1 aliphatic heterocycles. The van der Waals surface area contributed by atoms with E-state index in [1.165, 1.54) is 0 Å². The summed E-state index contributed by atoms with van der Waals surface area (Å²) in [4.78, 5) is 13.0. The van der Waals surface area contributed by atoms with Gasteiger partial charge in [-0.25, -0.2) is 0 Å². The van der Waals surface area contributed by atoms with E-state index in [2.05, 4.69) is 15.1 Å². The molecule has 0 unspecified atom stereocenters. The van der Waals surface area contributed by atoms with Gasteiger partial charge in [0.25, 0.3) is 5.69 Å². The van der Waals surface area contributed by atoms with E-state index in [1.807, 2.05) is 25.1 Å². The van der Waals surface area contributed by atoms with Crippen molar-refractivity contribution in [1.82, 2.24) is 10.2 Å². The van der Waals surface area contributed by atoms with E-state index in [0.717, 1.165) is 37.2 Å². The number of nitro benzene ring substituents is 1. The molecule has 1 aromatic heterocycles. The summed E-state index contributed by atoms with van der Waals surface area (Å²) < 4.78 is 0. The van der Waals surface area contributed by atoms with E-state index in [-0.39, 0.29) is 10.6 Å². The first-order valence-electron chi connectivity index (χ1n) is 7.35. The third kappa shape index (κ3) is 2.74. The number of nitrogens with zero attached hydrogens (tertiary/aromatic N) is 3. The Morgan fingerprint density at radius 3 is 2.68 bits per heavy atom. The molecule has 0 atom stereocenters. The number of benzene rings is 1. The number of hydrogen-bond acceptors (Lipinski definition) is 5. The van der Waals surface area contributed by atoms with Crippen molar-refractivity contribution in [3.63, 3.8) is 0 Å². The number of piperidine rings is 1. The van der Waals surface area contributed by atoms with Gasteiger partial charge in [-0.2, -0.15) is 5.10 Å². The average molecular weight is 301 g/mol. The molecule has 1 fully saturated rings. The van der Waals surface area contributed by atoms with Crippen LogP contribution in [-0.4, -0.2) is 28.2 Å². The van der Waals surface area contributed by atoms with Gasteiger partial charge in [0.05, 0.1) is 4.92 Å². The third-order valence-electron chi connectivity index (χ3n) is 4.22. The minimum absolute atomic E-state index is 0.184. The smallest absolute Gasteiger partial charge is 0.292 e. The Morgan fingerprint density at radius 2 is 2.09 bits per heavy atom. The molecule has 7 heteroatoms. The Hall–Kier alpha value is -2.57. The van der Waals surface area contributed by atoms with Gasteiger partial charge < -0.3 is 10.6 Å². The predicted octanol–water partition coefficient (Wildman–Crippen LogP) is 2.59. The quantitative estimate of drug-likeness (QED) is 0.670. The number of hydrogen-bond donors (Lipinski definition) is 2. The molecule has 7 nitrogen and oxygen atoms in total. The molecule has 0 saturated carbocycles. The van der Waals surface area contributed by atoms with Gasteiger partial charge in [-0.05, 0) is 31.4 Å². The first-order chi connectivity index (χ1) is 10.5. The summed E-state index contributed by atoms with van der Waals surface area (Å²) in [5.41, 5.74) is 8.49. The molecular formula is C15H19N5O2. The zero-order chi connectivity index (χ0) is 15.7. The lowest BCUT2D eigenvalue weighted by molar-refractivity contribution is -0.384. The summed E-state index contributed by atoms with van der Waals surface area (Å²) in [6.45, 7) is 3.44. The molecule has 0 radical (unpaired) electrons. The van der Waals surface area contributed by atoms with Crippen LogP contribution in [0.15, 0.2) is 24.3 Å². The number of nitrogen functional groups attached to an aromatic ring is 1. The first-order valence-corrected chi connectivity index (χ1v) is 7.35. The van der Waals surface area contributed by atoms with Crippen molar-refractivity contribution in [2.45, 2.75) is 25.7 Å². The Bertz CT molecular complexity index is 689. The second kappa shape index (κ2) is 5.67. The molecular weight excluding hydrogens is 282 g/mol. The van der Waals surface area contributed by atoms with Crippen LogP contribution in [0.25, 0.3) is 0 Å². The van der Waals surface area contributed by atoms with Crippen molar-refractivity contribution in [2.24, 2.45) is 0 Å². The molecule has 0 amide bonds. The number of aromatic nitrogens is 2. The van der Waals surface area contributed by atoms with Crippen LogP contribution >= 0.6 is 0 Å². The number of aryl methyl sites for hydroxylation is 1. The summed E-state index contributed by atoms with van der Waals surface area (Å²) in [6.07, 6.45) is 1.85. The lowest BCUT2D eigenvalue weighted by Gasteiger charge is -2.32. The van der Waals surface area contributed by atoms with Crippen LogP contribution < -0.4 is 10.6 Å². The number of nitro groups is 1. The minimum atomic E-state index is -0.302. The maximum Gasteiger partial charge on any atom is 0.292 e. The van der Waals surface area contributed by atoms with Gasteiger partial charge in [0.1, 0.15) is 11.5 Å². The van der Waals surface area contributed by atoms with Gasteiger partial charge >= 0.3 is 0 Å². The van der Waals surface area contributed by atoms with Crippen LogP contribution in [0.3, 0.4) is 0 Å². The van der Waals surface area contributed by atoms with Crippen molar-refractivity contribution >= 4 is 17.2 Å². The lowest BCUT2D eigenvalue weighted by Crippen LogP contribution is -2.33. The van der Waals surface area contributed by atoms with Crippen molar-refractivity contribution in [1.29, 1.82) is 0 Å². The van der Waals surface area contributed by atoms with Gasteiger partial charge in [-0.3, -0.25) is 15.2 Å². The van der Waals surface area contributed by atoms with Gasteiger partial charge in [-0.15, -0.1) is 0 Å². The fourth-order valence-electron chi connectivity index (χ4n) is 3.04. The van der Waals surface area contributed by atoms with E-state index in [0.29, 0.717) is 17.4 Å². The maximum atomic E-state index is 11.3. The first kappa shape index (κ1) is 14.4. The van der Waals surface area contributed by atoms with Crippen molar-refractivity contribution in [3.8, 4) is 0 Å². The number of nitrogens with two attached hydrogens (primary N) is 1. The normalized spacial score (nSPS) is 16.0. The Labute approximate surface area is 128 Å². The maximum absolute atomic E-state index is 11.3. The Morgan fingerprint density at radius 1 is 1.36 bits per heavy atom. The van der Waals surface area contributed by atoms with Crippen molar-refractivity contribution < 1.29 is 4.92 Å². The number of anilines is 2. The van der Waals surface area contributed by atoms with Crippen LogP contribution in [0.1, 0.15) is 30.0 Å². The number of aromatic amines is 1. The standard InChI is InChI=1S/C15H19N5O2/c1-10-2-3-13(14(8-10)20(21)22)19-6-4-11(5-7-19)12-9-15(16)18-17-12/h2-3,8-9,11H,4-7H2,1H3,(H3,16,17,18). The monoisotopic (exact) mass is 301 g/mol. The topological polar surface area (TPSA) is 101 Å². The number of rotatable bonds is 3. The number of H-pyrrole nitrogens is 1. The van der Waals surface area contributed by atoms with Gasteiger partial charge in [0, 0.05) is 36.8 Å². The third-order valence-corrected chi connectivity index (χ3v) is 4.22. The molecule has 2 aromatic rings. The van der Waals surface area contributed by atoms with E-state index >= 15 is 0 Å². The van der Waals surface area contributed by atoms with Gasteiger partial charge in [-0.1, -0.05) is 6.07 Å². The fourth-order valence-corrected chi connectivity index (χ4v) is 3.04. The molecule has 1 aromatic carbocycles. The van der Waals surface area contributed by atoms with Gasteiger partial charge in [0.15, 0.2) is 0 Å². The second-order valence-electron chi connectivity index (χ2n) is 5.76. The van der Waals surface area contributed by atoms with Crippen LogP contribution in [0.5, 0.6) is 0 Å². The Balaban J connectivity index is 1.75. The summed E-state index contributed by atoms with van der Waals surface area (Å²) in [7, 11) is 0. The van der Waals surface area contributed by atoms with Crippen molar-refractivity contribution in [2.75, 3.05) is 23.7 Å². The number of nitrogens with one attached hydrogen (secondary N) is 1. The van der Waals surface area contributed by atoms with Crippen LogP contribution in [-0.2, 0) is 0 Å². The molecule has 3 rings (SSSR count).